The van der Waals surface area contributed by atoms with Gasteiger partial charge in [0.1, 0.15) is 5.82 Å². The van der Waals surface area contributed by atoms with Crippen molar-refractivity contribution in [3.05, 3.63) is 53.2 Å². The summed E-state index contributed by atoms with van der Waals surface area (Å²) in [6.07, 6.45) is 1.90. The van der Waals surface area contributed by atoms with Gasteiger partial charge in [0.2, 0.25) is 0 Å². The van der Waals surface area contributed by atoms with Crippen LogP contribution in [0.5, 0.6) is 0 Å². The molecule has 1 amide bonds. The molecule has 1 saturated heterocycles. The molecule has 1 unspecified atom stereocenters. The fourth-order valence-corrected chi connectivity index (χ4v) is 4.36. The first-order valence-corrected chi connectivity index (χ1v) is 9.61. The van der Waals surface area contributed by atoms with Gasteiger partial charge in [-0.2, -0.15) is 0 Å². The molecule has 0 aliphatic carbocycles. The normalized spacial score (nSPS) is 19.0. The zero-order chi connectivity index (χ0) is 17.2. The molecule has 8 heteroatoms. The van der Waals surface area contributed by atoms with E-state index in [2.05, 4.69) is 15.6 Å². The molecule has 2 heterocycles. The molecule has 0 saturated carbocycles. The van der Waals surface area contributed by atoms with Crippen LogP contribution in [-0.4, -0.2) is 36.9 Å². The lowest BCUT2D eigenvalue weighted by Gasteiger charge is -2.11. The van der Waals surface area contributed by atoms with Gasteiger partial charge in [0, 0.05) is 22.9 Å². The predicted octanol–water partition coefficient (Wildman–Crippen LogP) is 2.40. The summed E-state index contributed by atoms with van der Waals surface area (Å²) >= 11 is 5.92. The number of benzene rings is 1. The van der Waals surface area contributed by atoms with Gasteiger partial charge in [-0.1, -0.05) is 17.7 Å². The van der Waals surface area contributed by atoms with Crippen molar-refractivity contribution in [2.24, 2.45) is 0 Å². The predicted molar refractivity (Wildman–Crippen MR) is 93.5 cm³/mol. The molecule has 1 aliphatic heterocycles. The van der Waals surface area contributed by atoms with Gasteiger partial charge in [-0.25, -0.2) is 13.4 Å². The van der Waals surface area contributed by atoms with E-state index in [1.807, 2.05) is 12.1 Å². The Balaban J connectivity index is 1.62. The second-order valence-corrected chi connectivity index (χ2v) is 8.31. The Labute approximate surface area is 145 Å². The first-order chi connectivity index (χ1) is 11.4. The average Bonchev–Trinajstić information content (AvgIpc) is 2.87. The van der Waals surface area contributed by atoms with Crippen molar-refractivity contribution in [1.82, 2.24) is 10.3 Å². The molecule has 24 heavy (non-hydrogen) atoms. The van der Waals surface area contributed by atoms with Crippen LogP contribution in [0, 0.1) is 0 Å². The zero-order valence-electron chi connectivity index (χ0n) is 12.7. The molecule has 2 N–H and O–H groups in total. The highest BCUT2D eigenvalue weighted by molar-refractivity contribution is 7.91. The Morgan fingerprint density at radius 2 is 2.08 bits per heavy atom. The third-order valence-corrected chi connectivity index (χ3v) is 5.69. The fourth-order valence-electron chi connectivity index (χ4n) is 2.49. The molecule has 1 aromatic carbocycles. The molecule has 126 valence electrons. The van der Waals surface area contributed by atoms with E-state index in [1.165, 1.54) is 6.20 Å². The van der Waals surface area contributed by atoms with Crippen LogP contribution in [0.1, 0.15) is 16.8 Å². The quantitative estimate of drug-likeness (QED) is 0.868. The number of hydrogen-bond acceptors (Lipinski definition) is 5. The van der Waals surface area contributed by atoms with Crippen molar-refractivity contribution < 1.29 is 13.2 Å². The van der Waals surface area contributed by atoms with Gasteiger partial charge in [0.15, 0.2) is 9.84 Å². The lowest BCUT2D eigenvalue weighted by Crippen LogP contribution is -2.35. The number of nitrogens with zero attached hydrogens (tertiary/aromatic N) is 1. The second kappa shape index (κ2) is 6.78. The highest BCUT2D eigenvalue weighted by atomic mass is 35.5. The molecule has 1 fully saturated rings. The number of carbonyl (C=O) groups excluding carboxylic acids is 1. The molecule has 0 spiro atoms. The van der Waals surface area contributed by atoms with Crippen molar-refractivity contribution in [2.75, 3.05) is 16.8 Å². The largest absolute Gasteiger partial charge is 0.348 e. The Morgan fingerprint density at radius 1 is 1.25 bits per heavy atom. The number of amides is 1. The van der Waals surface area contributed by atoms with Crippen molar-refractivity contribution >= 4 is 38.9 Å². The topological polar surface area (TPSA) is 88.2 Å². The number of halogens is 1. The summed E-state index contributed by atoms with van der Waals surface area (Å²) in [5.41, 5.74) is 1.18. The molecular formula is C16H16ClN3O3S. The number of sulfone groups is 1. The van der Waals surface area contributed by atoms with Gasteiger partial charge in [-0.05, 0) is 36.8 Å². The molecule has 0 radical (unpaired) electrons. The summed E-state index contributed by atoms with van der Waals surface area (Å²) in [7, 11) is -3.02. The average molecular weight is 366 g/mol. The fraction of sp³-hybridized carbons (Fsp3) is 0.250. The van der Waals surface area contributed by atoms with E-state index >= 15 is 0 Å². The second-order valence-electron chi connectivity index (χ2n) is 5.64. The minimum absolute atomic E-state index is 0.000570. The number of carbonyl (C=O) groups is 1. The number of anilines is 2. The molecule has 1 aromatic heterocycles. The van der Waals surface area contributed by atoms with Crippen LogP contribution in [0.3, 0.4) is 0 Å². The van der Waals surface area contributed by atoms with E-state index in [9.17, 15) is 13.2 Å². The van der Waals surface area contributed by atoms with E-state index in [1.54, 1.807) is 24.3 Å². The van der Waals surface area contributed by atoms with E-state index in [0.29, 0.717) is 22.8 Å². The number of pyridine rings is 1. The monoisotopic (exact) mass is 365 g/mol. The van der Waals surface area contributed by atoms with Gasteiger partial charge in [0.25, 0.3) is 5.91 Å². The van der Waals surface area contributed by atoms with Gasteiger partial charge in [0.05, 0.1) is 17.1 Å². The van der Waals surface area contributed by atoms with Crippen molar-refractivity contribution in [3.8, 4) is 0 Å². The first kappa shape index (κ1) is 16.7. The van der Waals surface area contributed by atoms with E-state index in [4.69, 9.17) is 11.6 Å². The third-order valence-electron chi connectivity index (χ3n) is 3.69. The lowest BCUT2D eigenvalue weighted by atomic mass is 10.2. The minimum Gasteiger partial charge on any atom is -0.348 e. The van der Waals surface area contributed by atoms with Crippen LogP contribution in [0.25, 0.3) is 0 Å². The first-order valence-electron chi connectivity index (χ1n) is 7.41. The van der Waals surface area contributed by atoms with E-state index < -0.39 is 9.84 Å². The summed E-state index contributed by atoms with van der Waals surface area (Å²) in [4.78, 5) is 16.3. The summed E-state index contributed by atoms with van der Waals surface area (Å²) in [5.74, 6) is 0.385. The summed E-state index contributed by atoms with van der Waals surface area (Å²) in [5, 5.41) is 6.43. The molecule has 1 aliphatic rings. The minimum atomic E-state index is -3.02. The summed E-state index contributed by atoms with van der Waals surface area (Å²) in [6, 6.07) is 10.2. The maximum Gasteiger partial charge on any atom is 0.253 e. The highest BCUT2D eigenvalue weighted by Gasteiger charge is 2.29. The molecule has 3 rings (SSSR count). The molecule has 6 nitrogen and oxygen atoms in total. The Morgan fingerprint density at radius 3 is 2.71 bits per heavy atom. The Kier molecular flexibility index (Phi) is 4.73. The van der Waals surface area contributed by atoms with Gasteiger partial charge >= 0.3 is 0 Å². The SMILES string of the molecule is O=C(NC1CCS(=O)(=O)C1)c1ccc(Nc2cccc(Cl)c2)nc1. The maximum absolute atomic E-state index is 12.1. The van der Waals surface area contributed by atoms with Crippen molar-refractivity contribution in [3.63, 3.8) is 0 Å². The molecule has 0 bridgehead atoms. The van der Waals surface area contributed by atoms with E-state index in [-0.39, 0.29) is 23.5 Å². The van der Waals surface area contributed by atoms with Gasteiger partial charge < -0.3 is 10.6 Å². The maximum atomic E-state index is 12.1. The smallest absolute Gasteiger partial charge is 0.253 e. The van der Waals surface area contributed by atoms with Crippen LogP contribution >= 0.6 is 11.6 Å². The third kappa shape index (κ3) is 4.24. The zero-order valence-corrected chi connectivity index (χ0v) is 14.3. The van der Waals surface area contributed by atoms with Gasteiger partial charge in [-0.3, -0.25) is 4.79 Å². The highest BCUT2D eigenvalue weighted by Crippen LogP contribution is 2.19. The Bertz CT molecular complexity index is 853. The van der Waals surface area contributed by atoms with Crippen LogP contribution in [0.15, 0.2) is 42.6 Å². The Hall–Kier alpha value is -2.12. The lowest BCUT2D eigenvalue weighted by molar-refractivity contribution is 0.0941. The van der Waals surface area contributed by atoms with Crippen molar-refractivity contribution in [2.45, 2.75) is 12.5 Å². The number of aromatic nitrogens is 1. The number of hydrogen-bond donors (Lipinski definition) is 2. The van der Waals surface area contributed by atoms with E-state index in [0.717, 1.165) is 5.69 Å². The molecular weight excluding hydrogens is 350 g/mol. The summed E-state index contributed by atoms with van der Waals surface area (Å²) in [6.45, 7) is 0. The summed E-state index contributed by atoms with van der Waals surface area (Å²) < 4.78 is 22.8. The van der Waals surface area contributed by atoms with Crippen LogP contribution in [-0.2, 0) is 9.84 Å². The number of rotatable bonds is 4. The van der Waals surface area contributed by atoms with Crippen LogP contribution in [0.4, 0.5) is 11.5 Å². The van der Waals surface area contributed by atoms with Gasteiger partial charge in [-0.15, -0.1) is 0 Å². The van der Waals surface area contributed by atoms with Crippen LogP contribution in [0.2, 0.25) is 5.02 Å². The standard InChI is InChI=1S/C16H16ClN3O3S/c17-12-2-1-3-13(8-12)19-15-5-4-11(9-18-15)16(21)20-14-6-7-24(22,23)10-14/h1-5,8-9,14H,6-7,10H2,(H,18,19)(H,20,21). The molecule has 1 atom stereocenters. The van der Waals surface area contributed by atoms with Crippen LogP contribution < -0.4 is 10.6 Å². The number of nitrogens with one attached hydrogen (secondary N) is 2. The van der Waals surface area contributed by atoms with Crippen molar-refractivity contribution in [1.29, 1.82) is 0 Å². The molecule has 2 aromatic rings.